The van der Waals surface area contributed by atoms with Crippen LogP contribution in [0, 0.1) is 5.92 Å². The number of aromatic nitrogens is 1. The Bertz CT molecular complexity index is 384. The van der Waals surface area contributed by atoms with Gasteiger partial charge in [-0.05, 0) is 24.8 Å². The average molecular weight is 220 g/mol. The molecule has 0 radical (unpaired) electrons. The van der Waals surface area contributed by atoms with Gasteiger partial charge in [-0.2, -0.15) is 0 Å². The number of pyridine rings is 1. The van der Waals surface area contributed by atoms with Gasteiger partial charge in [0.1, 0.15) is 0 Å². The van der Waals surface area contributed by atoms with Crippen LogP contribution < -0.4 is 4.90 Å². The molecule has 1 N–H and O–H groups in total. The number of anilines is 1. The summed E-state index contributed by atoms with van der Waals surface area (Å²) < 4.78 is 0. The third-order valence-electron chi connectivity index (χ3n) is 3.12. The minimum atomic E-state index is -0.917. The zero-order valence-electron chi connectivity index (χ0n) is 9.39. The van der Waals surface area contributed by atoms with Crippen LogP contribution in [0.2, 0.25) is 0 Å². The Hall–Kier alpha value is -1.58. The molecule has 1 aromatic rings. The van der Waals surface area contributed by atoms with Crippen molar-refractivity contribution in [2.75, 3.05) is 18.0 Å². The molecule has 4 heteroatoms. The molecule has 0 saturated carbocycles. The number of carboxylic acid groups (broad SMARTS) is 1. The number of carbonyl (C=O) groups is 1. The predicted molar refractivity (Wildman–Crippen MR) is 61.8 cm³/mol. The lowest BCUT2D eigenvalue weighted by Gasteiger charge is -2.31. The smallest absolute Gasteiger partial charge is 0.337 e. The van der Waals surface area contributed by atoms with Gasteiger partial charge >= 0.3 is 5.97 Å². The quantitative estimate of drug-likeness (QED) is 0.828. The van der Waals surface area contributed by atoms with Gasteiger partial charge in [-0.25, -0.2) is 4.79 Å². The third kappa shape index (κ3) is 2.32. The molecule has 1 aromatic heterocycles. The Balaban J connectivity index is 2.14. The van der Waals surface area contributed by atoms with E-state index in [1.807, 2.05) is 0 Å². The van der Waals surface area contributed by atoms with Crippen LogP contribution in [0.3, 0.4) is 0 Å². The van der Waals surface area contributed by atoms with E-state index in [1.54, 1.807) is 12.3 Å². The van der Waals surface area contributed by atoms with Crippen molar-refractivity contribution in [2.24, 2.45) is 5.92 Å². The minimum absolute atomic E-state index is 0.260. The molecule has 1 fully saturated rings. The molecule has 0 unspecified atom stereocenters. The van der Waals surface area contributed by atoms with Gasteiger partial charge in [0.15, 0.2) is 0 Å². The van der Waals surface area contributed by atoms with Gasteiger partial charge in [-0.1, -0.05) is 6.92 Å². The summed E-state index contributed by atoms with van der Waals surface area (Å²) in [5.74, 6) is -0.147. The monoisotopic (exact) mass is 220 g/mol. The highest BCUT2D eigenvalue weighted by molar-refractivity contribution is 5.88. The molecule has 4 nitrogen and oxygen atoms in total. The molecular formula is C12H16N2O2. The molecule has 0 atom stereocenters. The van der Waals surface area contributed by atoms with Gasteiger partial charge in [0.25, 0.3) is 0 Å². The molecule has 86 valence electrons. The highest BCUT2D eigenvalue weighted by atomic mass is 16.4. The second-order valence-corrected chi connectivity index (χ2v) is 4.41. The topological polar surface area (TPSA) is 53.4 Å². The summed E-state index contributed by atoms with van der Waals surface area (Å²) in [5, 5.41) is 8.89. The van der Waals surface area contributed by atoms with Crippen LogP contribution in [-0.4, -0.2) is 29.1 Å². The molecule has 16 heavy (non-hydrogen) atoms. The Morgan fingerprint density at radius 1 is 1.44 bits per heavy atom. The second-order valence-electron chi connectivity index (χ2n) is 4.41. The maximum Gasteiger partial charge on any atom is 0.337 e. The number of aromatic carboxylic acids is 1. The number of rotatable bonds is 2. The number of carboxylic acids is 1. The number of hydrogen-bond donors (Lipinski definition) is 1. The first-order valence-electron chi connectivity index (χ1n) is 5.60. The summed E-state index contributed by atoms with van der Waals surface area (Å²) in [6.07, 6.45) is 5.45. The highest BCUT2D eigenvalue weighted by Crippen LogP contribution is 2.22. The van der Waals surface area contributed by atoms with Gasteiger partial charge in [-0.15, -0.1) is 0 Å². The zero-order valence-corrected chi connectivity index (χ0v) is 9.39. The van der Waals surface area contributed by atoms with Crippen molar-refractivity contribution >= 4 is 11.7 Å². The summed E-state index contributed by atoms with van der Waals surface area (Å²) in [6, 6.07) is 1.70. The molecule has 2 rings (SSSR count). The first-order valence-corrected chi connectivity index (χ1v) is 5.60. The summed E-state index contributed by atoms with van der Waals surface area (Å²) in [5.41, 5.74) is 1.18. The van der Waals surface area contributed by atoms with E-state index in [4.69, 9.17) is 5.11 Å². The number of hydrogen-bond acceptors (Lipinski definition) is 3. The van der Waals surface area contributed by atoms with E-state index in [0.717, 1.165) is 37.5 Å². The van der Waals surface area contributed by atoms with E-state index in [0.29, 0.717) is 0 Å². The van der Waals surface area contributed by atoms with Crippen LogP contribution in [0.1, 0.15) is 30.1 Å². The van der Waals surface area contributed by atoms with Gasteiger partial charge in [0.2, 0.25) is 0 Å². The van der Waals surface area contributed by atoms with E-state index in [9.17, 15) is 4.79 Å². The van der Waals surface area contributed by atoms with Gasteiger partial charge in [-0.3, -0.25) is 4.98 Å². The van der Waals surface area contributed by atoms with Crippen LogP contribution in [0.5, 0.6) is 0 Å². The molecule has 0 bridgehead atoms. The fourth-order valence-electron chi connectivity index (χ4n) is 1.98. The number of nitrogens with zero attached hydrogens (tertiary/aromatic N) is 2. The lowest BCUT2D eigenvalue weighted by molar-refractivity contribution is 0.0696. The maximum atomic E-state index is 10.8. The van der Waals surface area contributed by atoms with Gasteiger partial charge < -0.3 is 10.0 Å². The first-order chi connectivity index (χ1) is 7.66. The van der Waals surface area contributed by atoms with Crippen LogP contribution >= 0.6 is 0 Å². The van der Waals surface area contributed by atoms with Crippen molar-refractivity contribution in [3.05, 3.63) is 24.0 Å². The lowest BCUT2D eigenvalue weighted by atomic mass is 9.99. The van der Waals surface area contributed by atoms with Crippen molar-refractivity contribution in [2.45, 2.75) is 19.8 Å². The molecule has 0 aromatic carbocycles. The third-order valence-corrected chi connectivity index (χ3v) is 3.12. The number of piperidine rings is 1. The van der Waals surface area contributed by atoms with Gasteiger partial charge in [0, 0.05) is 19.3 Å². The summed E-state index contributed by atoms with van der Waals surface area (Å²) >= 11 is 0. The molecule has 0 amide bonds. The fraction of sp³-hybridized carbons (Fsp3) is 0.500. The SMILES string of the molecule is CC1CCN(c2cncc(C(=O)O)c2)CC1. The van der Waals surface area contributed by atoms with Crippen LogP contribution in [0.25, 0.3) is 0 Å². The second kappa shape index (κ2) is 4.51. The summed E-state index contributed by atoms with van der Waals surface area (Å²) in [4.78, 5) is 17.0. The van der Waals surface area contributed by atoms with Crippen LogP contribution in [0.4, 0.5) is 5.69 Å². The van der Waals surface area contributed by atoms with Crippen LogP contribution in [0.15, 0.2) is 18.5 Å². The summed E-state index contributed by atoms with van der Waals surface area (Å²) in [6.45, 7) is 4.24. The molecule has 1 aliphatic heterocycles. The highest BCUT2D eigenvalue weighted by Gasteiger charge is 2.17. The van der Waals surface area contributed by atoms with Crippen molar-refractivity contribution < 1.29 is 9.90 Å². The Labute approximate surface area is 94.9 Å². The van der Waals surface area contributed by atoms with Crippen LogP contribution in [-0.2, 0) is 0 Å². The Morgan fingerprint density at radius 2 is 2.12 bits per heavy atom. The van der Waals surface area contributed by atoms with Crippen molar-refractivity contribution in [1.82, 2.24) is 4.98 Å². The minimum Gasteiger partial charge on any atom is -0.478 e. The molecule has 1 aliphatic rings. The largest absolute Gasteiger partial charge is 0.478 e. The van der Waals surface area contributed by atoms with E-state index in [1.165, 1.54) is 6.20 Å². The van der Waals surface area contributed by atoms with Crippen molar-refractivity contribution in [3.63, 3.8) is 0 Å². The van der Waals surface area contributed by atoms with E-state index < -0.39 is 5.97 Å². The Kier molecular flexibility index (Phi) is 3.08. The molecule has 0 spiro atoms. The van der Waals surface area contributed by atoms with Crippen molar-refractivity contribution in [1.29, 1.82) is 0 Å². The molecular weight excluding hydrogens is 204 g/mol. The predicted octanol–water partition coefficient (Wildman–Crippen LogP) is 2.02. The molecule has 1 saturated heterocycles. The lowest BCUT2D eigenvalue weighted by Crippen LogP contribution is -2.32. The van der Waals surface area contributed by atoms with Crippen molar-refractivity contribution in [3.8, 4) is 0 Å². The fourth-order valence-corrected chi connectivity index (χ4v) is 1.98. The molecule has 2 heterocycles. The van der Waals surface area contributed by atoms with E-state index in [-0.39, 0.29) is 5.56 Å². The summed E-state index contributed by atoms with van der Waals surface area (Å²) in [7, 11) is 0. The van der Waals surface area contributed by atoms with E-state index >= 15 is 0 Å². The maximum absolute atomic E-state index is 10.8. The van der Waals surface area contributed by atoms with E-state index in [2.05, 4.69) is 16.8 Å². The Morgan fingerprint density at radius 3 is 2.75 bits per heavy atom. The van der Waals surface area contributed by atoms with Gasteiger partial charge in [0.05, 0.1) is 17.4 Å². The molecule has 0 aliphatic carbocycles. The first kappa shape index (κ1) is 10.9. The average Bonchev–Trinajstić information content (AvgIpc) is 2.30. The standard InChI is InChI=1S/C12H16N2O2/c1-9-2-4-14(5-3-9)11-6-10(12(15)16)7-13-8-11/h6-9H,2-5H2,1H3,(H,15,16). The zero-order chi connectivity index (χ0) is 11.5. The normalized spacial score (nSPS) is 17.4.